The van der Waals surface area contributed by atoms with E-state index in [1.54, 1.807) is 12.1 Å². The number of nitrogens with one attached hydrogen (secondary N) is 1. The monoisotopic (exact) mass is 505 g/mol. The van der Waals surface area contributed by atoms with Crippen LogP contribution in [0, 0.1) is 16.5 Å². The molecular formula is C22H27Cl3FN3OS. The Morgan fingerprint density at radius 2 is 1.81 bits per heavy atom. The third kappa shape index (κ3) is 5.79. The van der Waals surface area contributed by atoms with E-state index in [4.69, 9.17) is 16.4 Å². The van der Waals surface area contributed by atoms with E-state index in [0.717, 1.165) is 43.1 Å². The third-order valence-corrected chi connectivity index (χ3v) is 7.92. The summed E-state index contributed by atoms with van der Waals surface area (Å²) < 4.78 is 21.6. The molecule has 0 bridgehead atoms. The normalized spacial score (nSPS) is 21.2. The molecule has 0 aliphatic carbocycles. The van der Waals surface area contributed by atoms with Crippen molar-refractivity contribution in [2.75, 3.05) is 31.1 Å². The summed E-state index contributed by atoms with van der Waals surface area (Å²) in [6.45, 7) is 5.23. The Morgan fingerprint density at radius 3 is 2.45 bits per heavy atom. The van der Waals surface area contributed by atoms with Crippen molar-refractivity contribution >= 4 is 58.6 Å². The molecule has 2 unspecified atom stereocenters. The molecule has 2 aliphatic rings. The molecule has 170 valence electrons. The highest BCUT2D eigenvalue weighted by Crippen LogP contribution is 2.39. The van der Waals surface area contributed by atoms with E-state index in [-0.39, 0.29) is 41.8 Å². The van der Waals surface area contributed by atoms with Crippen LogP contribution in [0.4, 0.5) is 10.1 Å². The van der Waals surface area contributed by atoms with Crippen molar-refractivity contribution in [1.82, 2.24) is 4.90 Å². The lowest BCUT2D eigenvalue weighted by atomic mass is 9.95. The molecule has 0 spiro atoms. The molecular weight excluding hydrogens is 480 g/mol. The van der Waals surface area contributed by atoms with Crippen LogP contribution in [0.15, 0.2) is 47.4 Å². The van der Waals surface area contributed by atoms with E-state index >= 15 is 0 Å². The number of hydrogen-bond donors (Lipinski definition) is 1. The van der Waals surface area contributed by atoms with Crippen molar-refractivity contribution in [3.63, 3.8) is 0 Å². The largest absolute Gasteiger partial charge is 0.357 e. The third-order valence-electron chi connectivity index (χ3n) is 5.94. The molecule has 2 heterocycles. The predicted octanol–water partition coefficient (Wildman–Crippen LogP) is 5.82. The standard InChI is InChI=1S/C22H25ClFN3OS.2ClH/c1-15-27(20-7-4-18(23)12-22(20)29(15)25)13-16-8-10-26(11-9-16)14-21(28)17-2-5-19(24)6-3-17;;/h2-7,12,15-16,25H,8-11,13-14H2,1H3;2*1H. The molecule has 2 atom stereocenters. The van der Waals surface area contributed by atoms with E-state index in [2.05, 4.69) is 16.7 Å². The summed E-state index contributed by atoms with van der Waals surface area (Å²) in [6, 6.07) is 11.7. The fraction of sp³-hybridized carbons (Fsp3) is 0.409. The van der Waals surface area contributed by atoms with Crippen LogP contribution in [-0.2, 0) is 10.7 Å². The van der Waals surface area contributed by atoms with Crippen LogP contribution < -0.4 is 4.90 Å². The fourth-order valence-corrected chi connectivity index (χ4v) is 5.91. The minimum atomic E-state index is -0.565. The lowest BCUT2D eigenvalue weighted by Crippen LogP contribution is -2.42. The van der Waals surface area contributed by atoms with Gasteiger partial charge in [0.2, 0.25) is 0 Å². The molecule has 9 heteroatoms. The van der Waals surface area contributed by atoms with Crippen molar-refractivity contribution in [2.45, 2.75) is 30.0 Å². The molecule has 0 aromatic heterocycles. The number of ketones is 1. The van der Waals surface area contributed by atoms with Crippen LogP contribution in [0.2, 0.25) is 5.02 Å². The highest BCUT2D eigenvalue weighted by molar-refractivity contribution is 7.87. The first kappa shape index (κ1) is 26.1. The number of piperidine rings is 1. The van der Waals surface area contributed by atoms with E-state index < -0.39 is 10.7 Å². The molecule has 1 N–H and O–H groups in total. The van der Waals surface area contributed by atoms with Crippen molar-refractivity contribution < 1.29 is 9.18 Å². The van der Waals surface area contributed by atoms with Gasteiger partial charge in [-0.3, -0.25) is 14.5 Å². The van der Waals surface area contributed by atoms with Gasteiger partial charge in [0.1, 0.15) is 5.82 Å². The van der Waals surface area contributed by atoms with Gasteiger partial charge in [-0.2, -0.15) is 0 Å². The summed E-state index contributed by atoms with van der Waals surface area (Å²) in [5, 5.41) is 0.864. The molecule has 4 nitrogen and oxygen atoms in total. The second-order valence-corrected chi connectivity index (χ2v) is 10.1. The van der Waals surface area contributed by atoms with Crippen LogP contribution in [0.25, 0.3) is 0 Å². The van der Waals surface area contributed by atoms with Crippen LogP contribution in [0.1, 0.15) is 30.1 Å². The minimum Gasteiger partial charge on any atom is -0.357 e. The van der Waals surface area contributed by atoms with E-state index in [9.17, 15) is 9.18 Å². The van der Waals surface area contributed by atoms with E-state index in [1.165, 1.54) is 12.1 Å². The predicted molar refractivity (Wildman–Crippen MR) is 131 cm³/mol. The van der Waals surface area contributed by atoms with E-state index in [0.29, 0.717) is 23.0 Å². The number of Topliss-reactive ketones (excluding diaryl/α,β-unsaturated/α-hetero) is 1. The summed E-state index contributed by atoms with van der Waals surface area (Å²) in [5.41, 5.74) is 1.71. The molecule has 0 radical (unpaired) electrons. The zero-order valence-corrected chi connectivity index (χ0v) is 20.4. The summed E-state index contributed by atoms with van der Waals surface area (Å²) in [5.74, 6) is 0.270. The zero-order valence-electron chi connectivity index (χ0n) is 17.2. The first-order valence-corrected chi connectivity index (χ1v) is 11.6. The Labute approximate surface area is 202 Å². The average Bonchev–Trinajstić information content (AvgIpc) is 2.94. The Kier molecular flexibility index (Phi) is 9.34. The SMILES string of the molecule is CC1N(CC2CCN(CC(=O)c3ccc(F)cc3)CC2)c2ccc(Cl)cc2S1=N.Cl.Cl. The van der Waals surface area contributed by atoms with E-state index in [1.807, 2.05) is 18.2 Å². The van der Waals surface area contributed by atoms with Crippen LogP contribution in [0.5, 0.6) is 0 Å². The van der Waals surface area contributed by atoms with Gasteiger partial charge >= 0.3 is 0 Å². The van der Waals surface area contributed by atoms with Gasteiger partial charge in [0.05, 0.1) is 17.6 Å². The summed E-state index contributed by atoms with van der Waals surface area (Å²) in [6.07, 6.45) is 2.07. The van der Waals surface area contributed by atoms with Crippen molar-refractivity contribution in [3.05, 3.63) is 58.9 Å². The summed E-state index contributed by atoms with van der Waals surface area (Å²) in [4.78, 5) is 18.0. The number of anilines is 1. The maximum absolute atomic E-state index is 13.0. The Hall–Kier alpha value is -1.18. The number of hydrogen-bond acceptors (Lipinski definition) is 4. The maximum atomic E-state index is 13.0. The molecule has 2 aromatic rings. The van der Waals surface area contributed by atoms with Gasteiger partial charge in [-0.25, -0.2) is 4.39 Å². The highest BCUT2D eigenvalue weighted by Gasteiger charge is 2.33. The molecule has 31 heavy (non-hydrogen) atoms. The zero-order chi connectivity index (χ0) is 20.5. The lowest BCUT2D eigenvalue weighted by molar-refractivity contribution is 0.0897. The quantitative estimate of drug-likeness (QED) is 0.520. The summed E-state index contributed by atoms with van der Waals surface area (Å²) >= 11 is 6.14. The molecule has 0 saturated carbocycles. The smallest absolute Gasteiger partial charge is 0.176 e. The van der Waals surface area contributed by atoms with Crippen molar-refractivity contribution in [3.8, 4) is 0 Å². The van der Waals surface area contributed by atoms with Crippen LogP contribution in [0.3, 0.4) is 0 Å². The number of carbonyl (C=O) groups excluding carboxylic acids is 1. The summed E-state index contributed by atoms with van der Waals surface area (Å²) in [7, 11) is -0.565. The number of benzene rings is 2. The van der Waals surface area contributed by atoms with Gasteiger partial charge in [0.25, 0.3) is 0 Å². The highest BCUT2D eigenvalue weighted by atomic mass is 35.5. The molecule has 4 rings (SSSR count). The molecule has 2 aliphatic heterocycles. The molecule has 0 amide bonds. The number of likely N-dealkylation sites (tertiary alicyclic amines) is 1. The van der Waals surface area contributed by atoms with Gasteiger partial charge in [-0.05, 0) is 91.9 Å². The fourth-order valence-electron chi connectivity index (χ4n) is 4.19. The number of fused-ring (bicyclic) bond motifs is 1. The molecule has 1 fully saturated rings. The Morgan fingerprint density at radius 1 is 1.16 bits per heavy atom. The van der Waals surface area contributed by atoms with Gasteiger partial charge in [0.15, 0.2) is 5.78 Å². The topological polar surface area (TPSA) is 47.4 Å². The van der Waals surface area contributed by atoms with Gasteiger partial charge in [-0.15, -0.1) is 24.8 Å². The minimum absolute atomic E-state index is 0. The van der Waals surface area contributed by atoms with Crippen LogP contribution >= 0.6 is 36.4 Å². The van der Waals surface area contributed by atoms with Gasteiger partial charge in [0, 0.05) is 22.0 Å². The van der Waals surface area contributed by atoms with Crippen molar-refractivity contribution in [2.24, 2.45) is 5.92 Å². The molecule has 1 saturated heterocycles. The number of carbonyl (C=O) groups is 1. The Balaban J connectivity index is 0.00000171. The lowest BCUT2D eigenvalue weighted by Gasteiger charge is -2.35. The maximum Gasteiger partial charge on any atom is 0.176 e. The molecule has 2 aromatic carbocycles. The first-order valence-electron chi connectivity index (χ1n) is 9.94. The first-order chi connectivity index (χ1) is 13.9. The van der Waals surface area contributed by atoms with Crippen molar-refractivity contribution in [1.29, 1.82) is 4.78 Å². The number of nitrogens with zero attached hydrogens (tertiary/aromatic N) is 2. The Bertz CT molecular complexity index is 936. The van der Waals surface area contributed by atoms with Crippen LogP contribution in [-0.4, -0.2) is 42.2 Å². The van der Waals surface area contributed by atoms with Gasteiger partial charge in [-0.1, -0.05) is 11.6 Å². The number of rotatable bonds is 5. The number of halogens is 4. The second-order valence-electron chi connectivity index (χ2n) is 7.85. The average molecular weight is 507 g/mol. The van der Waals surface area contributed by atoms with Gasteiger partial charge < -0.3 is 4.90 Å². The second kappa shape index (κ2) is 11.1.